The molecule has 0 spiro atoms. The van der Waals surface area contributed by atoms with Crippen LogP contribution in [0.3, 0.4) is 0 Å². The van der Waals surface area contributed by atoms with E-state index in [1.807, 2.05) is 19.9 Å². The van der Waals surface area contributed by atoms with Crippen LogP contribution in [0.25, 0.3) is 10.4 Å². The molecule has 0 aliphatic rings. The van der Waals surface area contributed by atoms with Gasteiger partial charge in [0.05, 0.1) is 0 Å². The van der Waals surface area contributed by atoms with Gasteiger partial charge in [-0.05, 0) is 49.2 Å². The van der Waals surface area contributed by atoms with Gasteiger partial charge in [0.1, 0.15) is 4.21 Å². The quantitative estimate of drug-likeness (QED) is 0.678. The van der Waals surface area contributed by atoms with E-state index < -0.39 is 10.0 Å². The van der Waals surface area contributed by atoms with Crippen molar-refractivity contribution in [3.63, 3.8) is 0 Å². The highest BCUT2D eigenvalue weighted by atomic mass is 32.2. The molecule has 2 N–H and O–H groups in total. The van der Waals surface area contributed by atoms with Gasteiger partial charge in [0.25, 0.3) is 5.56 Å². The number of H-pyrrole nitrogens is 1. The first-order chi connectivity index (χ1) is 12.4. The predicted octanol–water partition coefficient (Wildman–Crippen LogP) is 2.85. The summed E-state index contributed by atoms with van der Waals surface area (Å²) in [5.74, 6) is 0. The lowest BCUT2D eigenvalue weighted by Crippen LogP contribution is -2.22. The molecule has 0 aliphatic heterocycles. The van der Waals surface area contributed by atoms with Gasteiger partial charge >= 0.3 is 0 Å². The van der Waals surface area contributed by atoms with Crippen LogP contribution in [0.5, 0.6) is 0 Å². The third-order valence-corrected chi connectivity index (χ3v) is 7.04. The SMILES string of the molecule is CCc1cc(-c2ccc(S(=O)(=O)NCc3ccncc3)s2)c(C)[nH]c1=O. The minimum absolute atomic E-state index is 0.0998. The van der Waals surface area contributed by atoms with Crippen LogP contribution in [0, 0.1) is 6.92 Å². The van der Waals surface area contributed by atoms with Gasteiger partial charge in [0.15, 0.2) is 0 Å². The Labute approximate surface area is 156 Å². The van der Waals surface area contributed by atoms with Crippen LogP contribution in [0.15, 0.2) is 51.7 Å². The van der Waals surface area contributed by atoms with Crippen molar-refractivity contribution >= 4 is 21.4 Å². The average molecular weight is 390 g/mol. The number of nitrogens with one attached hydrogen (secondary N) is 2. The molecular formula is C18H19N3O3S2. The first-order valence-electron chi connectivity index (χ1n) is 8.12. The maximum absolute atomic E-state index is 12.5. The lowest BCUT2D eigenvalue weighted by atomic mass is 10.1. The summed E-state index contributed by atoms with van der Waals surface area (Å²) >= 11 is 1.18. The average Bonchev–Trinajstić information content (AvgIpc) is 3.12. The number of aromatic amines is 1. The molecule has 6 nitrogen and oxygen atoms in total. The first kappa shape index (κ1) is 18.5. The molecule has 0 saturated carbocycles. The Morgan fingerprint density at radius 2 is 1.92 bits per heavy atom. The van der Waals surface area contributed by atoms with E-state index >= 15 is 0 Å². The highest BCUT2D eigenvalue weighted by molar-refractivity contribution is 7.91. The third kappa shape index (κ3) is 3.92. The lowest BCUT2D eigenvalue weighted by molar-refractivity contribution is 0.583. The van der Waals surface area contributed by atoms with Crippen molar-refractivity contribution in [2.24, 2.45) is 0 Å². The summed E-state index contributed by atoms with van der Waals surface area (Å²) in [6, 6.07) is 8.72. The van der Waals surface area contributed by atoms with Crippen LogP contribution < -0.4 is 10.3 Å². The van der Waals surface area contributed by atoms with Crippen LogP contribution in [-0.2, 0) is 23.0 Å². The summed E-state index contributed by atoms with van der Waals surface area (Å²) in [4.78, 5) is 19.4. The molecule has 0 bridgehead atoms. The fourth-order valence-corrected chi connectivity index (χ4v) is 4.99. The van der Waals surface area contributed by atoms with E-state index in [4.69, 9.17) is 0 Å². The second kappa shape index (κ2) is 7.53. The second-order valence-electron chi connectivity index (χ2n) is 5.81. The molecule has 26 heavy (non-hydrogen) atoms. The van der Waals surface area contributed by atoms with Gasteiger partial charge in [-0.1, -0.05) is 6.92 Å². The van der Waals surface area contributed by atoms with Gasteiger partial charge < -0.3 is 4.98 Å². The predicted molar refractivity (Wildman–Crippen MR) is 103 cm³/mol. The van der Waals surface area contributed by atoms with Gasteiger partial charge in [-0.3, -0.25) is 9.78 Å². The molecular weight excluding hydrogens is 370 g/mol. The van der Waals surface area contributed by atoms with Crippen molar-refractivity contribution in [3.05, 3.63) is 69.9 Å². The standard InChI is InChI=1S/C18H19N3O3S2/c1-3-14-10-15(12(2)21-18(14)22)16-4-5-17(25-16)26(23,24)20-11-13-6-8-19-9-7-13/h4-10,20H,3,11H2,1-2H3,(H,21,22). The Morgan fingerprint density at radius 3 is 2.62 bits per heavy atom. The molecule has 3 aromatic heterocycles. The van der Waals surface area contributed by atoms with Gasteiger partial charge in [-0.2, -0.15) is 0 Å². The number of thiophene rings is 1. The summed E-state index contributed by atoms with van der Waals surface area (Å²) < 4.78 is 27.9. The van der Waals surface area contributed by atoms with E-state index in [-0.39, 0.29) is 16.3 Å². The number of hydrogen-bond acceptors (Lipinski definition) is 5. The Hall–Kier alpha value is -2.29. The summed E-state index contributed by atoms with van der Waals surface area (Å²) in [7, 11) is -3.61. The second-order valence-corrected chi connectivity index (χ2v) is 8.89. The number of rotatable bonds is 6. The Balaban J connectivity index is 1.86. The topological polar surface area (TPSA) is 91.9 Å². The van der Waals surface area contributed by atoms with Gasteiger partial charge in [0.2, 0.25) is 10.0 Å². The van der Waals surface area contributed by atoms with E-state index in [1.54, 1.807) is 36.7 Å². The smallest absolute Gasteiger partial charge is 0.251 e. The van der Waals surface area contributed by atoms with Gasteiger partial charge in [0, 0.05) is 40.6 Å². The van der Waals surface area contributed by atoms with Crippen molar-refractivity contribution in [1.82, 2.24) is 14.7 Å². The van der Waals surface area contributed by atoms with Crippen LogP contribution in [-0.4, -0.2) is 18.4 Å². The number of pyridine rings is 2. The highest BCUT2D eigenvalue weighted by Crippen LogP contribution is 2.32. The maximum atomic E-state index is 12.5. The molecule has 136 valence electrons. The van der Waals surface area contributed by atoms with Crippen LogP contribution in [0.4, 0.5) is 0 Å². The lowest BCUT2D eigenvalue weighted by Gasteiger charge is -2.06. The van der Waals surface area contributed by atoms with Crippen LogP contribution in [0.1, 0.15) is 23.7 Å². The number of hydrogen-bond donors (Lipinski definition) is 2. The normalized spacial score (nSPS) is 11.6. The Bertz CT molecular complexity index is 1070. The monoisotopic (exact) mass is 389 g/mol. The fourth-order valence-electron chi connectivity index (χ4n) is 2.54. The fraction of sp³-hybridized carbons (Fsp3) is 0.222. The molecule has 0 aromatic carbocycles. The van der Waals surface area contributed by atoms with Gasteiger partial charge in [-0.15, -0.1) is 11.3 Å². The van der Waals surface area contributed by atoms with Crippen LogP contribution in [0.2, 0.25) is 0 Å². The summed E-state index contributed by atoms with van der Waals surface area (Å²) in [5.41, 5.74) is 2.99. The molecule has 3 aromatic rings. The summed E-state index contributed by atoms with van der Waals surface area (Å²) in [5, 5.41) is 0. The number of aryl methyl sites for hydroxylation is 2. The van der Waals surface area contributed by atoms with Crippen LogP contribution >= 0.6 is 11.3 Å². The van der Waals surface area contributed by atoms with Crippen molar-refractivity contribution in [2.75, 3.05) is 0 Å². The zero-order chi connectivity index (χ0) is 18.7. The van der Waals surface area contributed by atoms with E-state index in [0.717, 1.165) is 21.7 Å². The number of sulfonamides is 1. The summed E-state index contributed by atoms with van der Waals surface area (Å²) in [6.07, 6.45) is 3.86. The molecule has 0 radical (unpaired) electrons. The van der Waals surface area contributed by atoms with Crippen molar-refractivity contribution in [1.29, 1.82) is 0 Å². The minimum Gasteiger partial charge on any atom is -0.326 e. The molecule has 0 fully saturated rings. The zero-order valence-electron chi connectivity index (χ0n) is 14.4. The molecule has 0 amide bonds. The van der Waals surface area contributed by atoms with Crippen molar-refractivity contribution < 1.29 is 8.42 Å². The molecule has 8 heteroatoms. The highest BCUT2D eigenvalue weighted by Gasteiger charge is 2.18. The zero-order valence-corrected chi connectivity index (χ0v) is 16.1. The van der Waals surface area contributed by atoms with E-state index in [2.05, 4.69) is 14.7 Å². The molecule has 0 unspecified atom stereocenters. The van der Waals surface area contributed by atoms with E-state index in [1.165, 1.54) is 11.3 Å². The van der Waals surface area contributed by atoms with Crippen molar-refractivity contribution in [2.45, 2.75) is 31.0 Å². The first-order valence-corrected chi connectivity index (χ1v) is 10.4. The largest absolute Gasteiger partial charge is 0.326 e. The van der Waals surface area contributed by atoms with E-state index in [0.29, 0.717) is 12.0 Å². The molecule has 3 rings (SSSR count). The summed E-state index contributed by atoms with van der Waals surface area (Å²) in [6.45, 7) is 3.93. The third-order valence-electron chi connectivity index (χ3n) is 4.02. The molecule has 3 heterocycles. The maximum Gasteiger partial charge on any atom is 0.251 e. The molecule has 0 atom stereocenters. The minimum atomic E-state index is -3.61. The Morgan fingerprint density at radius 1 is 1.19 bits per heavy atom. The number of aromatic nitrogens is 2. The van der Waals surface area contributed by atoms with Crippen molar-refractivity contribution in [3.8, 4) is 10.4 Å². The van der Waals surface area contributed by atoms with Gasteiger partial charge in [-0.25, -0.2) is 13.1 Å². The number of nitrogens with zero attached hydrogens (tertiary/aromatic N) is 1. The molecule has 0 saturated heterocycles. The van der Waals surface area contributed by atoms with E-state index in [9.17, 15) is 13.2 Å². The molecule has 0 aliphatic carbocycles. The Kier molecular flexibility index (Phi) is 5.36.